The number of hydrogen-bond acceptors (Lipinski definition) is 6. The number of piperidine rings is 1. The number of fused-ring (bicyclic) bond motifs is 1. The summed E-state index contributed by atoms with van der Waals surface area (Å²) in [7, 11) is -3.40. The molecule has 1 saturated heterocycles. The molecule has 0 unspecified atom stereocenters. The third-order valence-corrected chi connectivity index (χ3v) is 6.74. The smallest absolute Gasteiger partial charge is 0.229 e. The summed E-state index contributed by atoms with van der Waals surface area (Å²) in [6, 6.07) is 13.0. The van der Waals surface area contributed by atoms with Gasteiger partial charge in [0.1, 0.15) is 17.1 Å². The second-order valence-electron chi connectivity index (χ2n) is 8.60. The van der Waals surface area contributed by atoms with E-state index in [4.69, 9.17) is 9.47 Å². The second-order valence-corrected chi connectivity index (χ2v) is 10.4. The lowest BCUT2D eigenvalue weighted by molar-refractivity contribution is -0.00864. The Morgan fingerprint density at radius 2 is 1.91 bits per heavy atom. The number of ketones is 1. The Labute approximate surface area is 189 Å². The van der Waals surface area contributed by atoms with Gasteiger partial charge in [0.2, 0.25) is 10.0 Å². The zero-order chi connectivity index (χ0) is 22.8. The van der Waals surface area contributed by atoms with Gasteiger partial charge in [0.25, 0.3) is 0 Å². The summed E-state index contributed by atoms with van der Waals surface area (Å²) in [4.78, 5) is 15.2. The van der Waals surface area contributed by atoms with E-state index in [0.717, 1.165) is 50.9 Å². The minimum Gasteiger partial charge on any atom is -0.494 e. The molecule has 1 N–H and O–H groups in total. The summed E-state index contributed by atoms with van der Waals surface area (Å²) in [5, 5.41) is 0. The Bertz CT molecular complexity index is 1090. The molecule has 2 aromatic carbocycles. The molecule has 2 aliphatic heterocycles. The van der Waals surface area contributed by atoms with Gasteiger partial charge in [-0.15, -0.1) is 0 Å². The number of likely N-dealkylation sites (tertiary alicyclic amines) is 1. The molecular weight excluding hydrogens is 428 g/mol. The van der Waals surface area contributed by atoms with Crippen molar-refractivity contribution in [3.8, 4) is 11.5 Å². The predicted octanol–water partition coefficient (Wildman–Crippen LogP) is 3.50. The molecule has 0 atom stereocenters. The summed E-state index contributed by atoms with van der Waals surface area (Å²) < 4.78 is 37.6. The van der Waals surface area contributed by atoms with Gasteiger partial charge in [-0.1, -0.05) is 18.2 Å². The third-order valence-electron chi connectivity index (χ3n) is 6.13. The van der Waals surface area contributed by atoms with Crippen LogP contribution in [0.4, 0.5) is 5.69 Å². The summed E-state index contributed by atoms with van der Waals surface area (Å²) in [5.74, 6) is 1.46. The summed E-state index contributed by atoms with van der Waals surface area (Å²) in [5.41, 5.74) is 1.61. The normalized spacial score (nSPS) is 18.1. The van der Waals surface area contributed by atoms with Crippen molar-refractivity contribution in [2.45, 2.75) is 38.2 Å². The van der Waals surface area contributed by atoms with E-state index in [9.17, 15) is 13.2 Å². The van der Waals surface area contributed by atoms with Gasteiger partial charge in [-0.05, 0) is 37.1 Å². The van der Waals surface area contributed by atoms with E-state index in [-0.39, 0.29) is 5.78 Å². The Hall–Kier alpha value is -2.58. The van der Waals surface area contributed by atoms with E-state index in [1.54, 1.807) is 18.2 Å². The van der Waals surface area contributed by atoms with Gasteiger partial charge in [0, 0.05) is 38.5 Å². The molecular formula is C24H30N2O5S. The van der Waals surface area contributed by atoms with E-state index >= 15 is 0 Å². The van der Waals surface area contributed by atoms with Crippen molar-refractivity contribution in [3.63, 3.8) is 0 Å². The van der Waals surface area contributed by atoms with Crippen LogP contribution in [0.5, 0.6) is 11.5 Å². The first-order valence-electron chi connectivity index (χ1n) is 11.0. The lowest BCUT2D eigenvalue weighted by Gasteiger charge is -2.44. The van der Waals surface area contributed by atoms with Crippen molar-refractivity contribution in [3.05, 3.63) is 53.6 Å². The maximum absolute atomic E-state index is 12.8. The number of nitrogens with one attached hydrogen (secondary N) is 1. The molecule has 4 rings (SSSR count). The largest absolute Gasteiger partial charge is 0.494 e. The molecule has 0 amide bonds. The number of anilines is 1. The summed E-state index contributed by atoms with van der Waals surface area (Å²) >= 11 is 0. The first kappa shape index (κ1) is 22.6. The number of para-hydroxylation sites is 1. The monoisotopic (exact) mass is 458 g/mol. The third kappa shape index (κ3) is 5.24. The molecule has 2 aliphatic rings. The molecule has 172 valence electrons. The standard InChI is InChI=1S/C24H30N2O5S/c1-3-30-22-7-5-4-6-18(22)10-13-26-14-11-24(12-15-26)17-21(27)20-9-8-19(16-23(20)31-24)25-32(2,28)29/h4-9,16,25H,3,10-15,17H2,1-2H3. The number of carbonyl (C=O) groups excluding carboxylic acids is 1. The van der Waals surface area contributed by atoms with Crippen LogP contribution in [0, 0.1) is 0 Å². The number of benzene rings is 2. The molecule has 7 nitrogen and oxygen atoms in total. The molecule has 1 fully saturated rings. The minimum absolute atomic E-state index is 0.0521. The van der Waals surface area contributed by atoms with Gasteiger partial charge in [-0.3, -0.25) is 9.52 Å². The molecule has 32 heavy (non-hydrogen) atoms. The van der Waals surface area contributed by atoms with Gasteiger partial charge in [0.05, 0.1) is 30.5 Å². The van der Waals surface area contributed by atoms with Crippen LogP contribution in [0.25, 0.3) is 0 Å². The topological polar surface area (TPSA) is 84.9 Å². The number of carbonyl (C=O) groups is 1. The number of nitrogens with zero attached hydrogens (tertiary/aromatic N) is 1. The molecule has 0 saturated carbocycles. The number of rotatable bonds is 7. The number of hydrogen-bond donors (Lipinski definition) is 1. The predicted molar refractivity (Wildman–Crippen MR) is 124 cm³/mol. The maximum Gasteiger partial charge on any atom is 0.229 e. The van der Waals surface area contributed by atoms with Gasteiger partial charge >= 0.3 is 0 Å². The molecule has 8 heteroatoms. The van der Waals surface area contributed by atoms with E-state index in [2.05, 4.69) is 15.7 Å². The highest BCUT2D eigenvalue weighted by Gasteiger charge is 2.42. The van der Waals surface area contributed by atoms with Gasteiger partial charge in [0.15, 0.2) is 5.78 Å². The maximum atomic E-state index is 12.8. The van der Waals surface area contributed by atoms with Crippen molar-refractivity contribution < 1.29 is 22.7 Å². The minimum atomic E-state index is -3.40. The molecule has 0 aliphatic carbocycles. The van der Waals surface area contributed by atoms with E-state index in [0.29, 0.717) is 30.0 Å². The van der Waals surface area contributed by atoms with E-state index in [1.165, 1.54) is 5.56 Å². The van der Waals surface area contributed by atoms with Gasteiger partial charge < -0.3 is 14.4 Å². The highest BCUT2D eigenvalue weighted by Crippen LogP contribution is 2.40. The fourth-order valence-corrected chi connectivity index (χ4v) is 5.08. The number of Topliss-reactive ketones (excluding diaryl/α,β-unsaturated/α-hetero) is 1. The average molecular weight is 459 g/mol. The highest BCUT2D eigenvalue weighted by molar-refractivity contribution is 7.92. The molecule has 1 spiro atoms. The van der Waals surface area contributed by atoms with Crippen LogP contribution in [0.1, 0.15) is 42.1 Å². The average Bonchev–Trinajstić information content (AvgIpc) is 2.73. The number of ether oxygens (including phenoxy) is 2. The highest BCUT2D eigenvalue weighted by atomic mass is 32.2. The molecule has 2 heterocycles. The van der Waals surface area contributed by atoms with Gasteiger partial charge in [-0.2, -0.15) is 0 Å². The van der Waals surface area contributed by atoms with E-state index < -0.39 is 15.6 Å². The Morgan fingerprint density at radius 1 is 1.16 bits per heavy atom. The van der Waals surface area contributed by atoms with Crippen LogP contribution in [-0.4, -0.2) is 57.2 Å². The van der Waals surface area contributed by atoms with Gasteiger partial charge in [-0.25, -0.2) is 8.42 Å². The molecule has 0 radical (unpaired) electrons. The quantitative estimate of drug-likeness (QED) is 0.684. The number of sulfonamides is 1. The van der Waals surface area contributed by atoms with Crippen molar-refractivity contribution in [2.75, 3.05) is 37.2 Å². The van der Waals surface area contributed by atoms with E-state index in [1.807, 2.05) is 25.1 Å². The lowest BCUT2D eigenvalue weighted by Crippen LogP contribution is -2.51. The zero-order valence-electron chi connectivity index (χ0n) is 18.6. The molecule has 0 aromatic heterocycles. The van der Waals surface area contributed by atoms with Crippen molar-refractivity contribution in [2.24, 2.45) is 0 Å². The first-order valence-corrected chi connectivity index (χ1v) is 12.9. The van der Waals surface area contributed by atoms with Crippen LogP contribution < -0.4 is 14.2 Å². The Kier molecular flexibility index (Phi) is 6.44. The zero-order valence-corrected chi connectivity index (χ0v) is 19.4. The van der Waals surface area contributed by atoms with Crippen molar-refractivity contribution >= 4 is 21.5 Å². The fraction of sp³-hybridized carbons (Fsp3) is 0.458. The van der Waals surface area contributed by atoms with Crippen molar-refractivity contribution in [1.29, 1.82) is 0 Å². The molecule has 0 bridgehead atoms. The lowest BCUT2D eigenvalue weighted by atomic mass is 9.82. The summed E-state index contributed by atoms with van der Waals surface area (Å²) in [6.07, 6.45) is 3.89. The first-order chi connectivity index (χ1) is 15.3. The second kappa shape index (κ2) is 9.11. The van der Waals surface area contributed by atoms with Crippen LogP contribution in [0.15, 0.2) is 42.5 Å². The summed E-state index contributed by atoms with van der Waals surface area (Å²) in [6.45, 7) is 5.26. The van der Waals surface area contributed by atoms with Crippen LogP contribution in [0.2, 0.25) is 0 Å². The Balaban J connectivity index is 1.39. The Morgan fingerprint density at radius 3 is 2.62 bits per heavy atom. The van der Waals surface area contributed by atoms with Crippen molar-refractivity contribution in [1.82, 2.24) is 4.90 Å². The SMILES string of the molecule is CCOc1ccccc1CCN1CCC2(CC1)CC(=O)c1ccc(NS(C)(=O)=O)cc1O2. The van der Waals surface area contributed by atoms with Crippen LogP contribution in [0.3, 0.4) is 0 Å². The van der Waals surface area contributed by atoms with Crippen LogP contribution in [-0.2, 0) is 16.4 Å². The molecule has 2 aromatic rings. The fourth-order valence-electron chi connectivity index (χ4n) is 4.52. The van der Waals surface area contributed by atoms with Crippen LogP contribution >= 0.6 is 0 Å².